The van der Waals surface area contributed by atoms with Gasteiger partial charge in [-0.2, -0.15) is 4.98 Å². The molecule has 5 heteroatoms. The van der Waals surface area contributed by atoms with E-state index < -0.39 is 0 Å². The second-order valence-electron chi connectivity index (χ2n) is 3.49. The molecule has 0 aliphatic heterocycles. The van der Waals surface area contributed by atoms with E-state index in [-0.39, 0.29) is 11.9 Å². The summed E-state index contributed by atoms with van der Waals surface area (Å²) in [6.07, 6.45) is 1.19. The van der Waals surface area contributed by atoms with Gasteiger partial charge in [0, 0.05) is 19.6 Å². The molecule has 1 aromatic rings. The molecule has 0 unspecified atom stereocenters. The molecule has 84 valence electrons. The van der Waals surface area contributed by atoms with Gasteiger partial charge in [-0.15, -0.1) is 0 Å². The Morgan fingerprint density at radius 1 is 1.53 bits per heavy atom. The summed E-state index contributed by atoms with van der Waals surface area (Å²) >= 11 is 0. The second-order valence-corrected chi connectivity index (χ2v) is 3.49. The SMILES string of the molecule is CCN(c1nc(NC)ncc1F)C(C)C. The normalized spacial score (nSPS) is 10.5. The third-order valence-electron chi connectivity index (χ3n) is 2.19. The monoisotopic (exact) mass is 212 g/mol. The topological polar surface area (TPSA) is 41.1 Å². The molecule has 0 radical (unpaired) electrons. The highest BCUT2D eigenvalue weighted by molar-refractivity contribution is 5.44. The zero-order chi connectivity index (χ0) is 11.4. The number of hydrogen-bond acceptors (Lipinski definition) is 4. The lowest BCUT2D eigenvalue weighted by Crippen LogP contribution is -2.32. The Balaban J connectivity index is 3.09. The Kier molecular flexibility index (Phi) is 3.82. The van der Waals surface area contributed by atoms with Crippen molar-refractivity contribution in [3.8, 4) is 0 Å². The van der Waals surface area contributed by atoms with Crippen LogP contribution in [0.2, 0.25) is 0 Å². The van der Waals surface area contributed by atoms with Crippen molar-refractivity contribution >= 4 is 11.8 Å². The highest BCUT2D eigenvalue weighted by Gasteiger charge is 2.15. The van der Waals surface area contributed by atoms with Gasteiger partial charge in [0.05, 0.1) is 6.20 Å². The third kappa shape index (κ3) is 2.55. The molecule has 15 heavy (non-hydrogen) atoms. The van der Waals surface area contributed by atoms with Crippen LogP contribution in [0.15, 0.2) is 6.20 Å². The first-order chi connectivity index (χ1) is 7.10. The molecule has 0 aliphatic carbocycles. The summed E-state index contributed by atoms with van der Waals surface area (Å²) < 4.78 is 13.5. The summed E-state index contributed by atoms with van der Waals surface area (Å²) in [5, 5.41) is 2.80. The quantitative estimate of drug-likeness (QED) is 0.827. The highest BCUT2D eigenvalue weighted by atomic mass is 19.1. The zero-order valence-electron chi connectivity index (χ0n) is 9.58. The van der Waals surface area contributed by atoms with Crippen LogP contribution in [-0.4, -0.2) is 29.6 Å². The van der Waals surface area contributed by atoms with E-state index in [9.17, 15) is 4.39 Å². The lowest BCUT2D eigenvalue weighted by atomic mass is 10.3. The van der Waals surface area contributed by atoms with Gasteiger partial charge in [-0.25, -0.2) is 9.37 Å². The molecule has 4 nitrogen and oxygen atoms in total. The van der Waals surface area contributed by atoms with Gasteiger partial charge in [-0.05, 0) is 20.8 Å². The molecular weight excluding hydrogens is 195 g/mol. The molecule has 0 fully saturated rings. The molecule has 1 N–H and O–H groups in total. The Morgan fingerprint density at radius 2 is 2.20 bits per heavy atom. The Morgan fingerprint density at radius 3 is 2.67 bits per heavy atom. The standard InChI is InChI=1S/C10H17FN4/c1-5-15(7(2)3)9-8(11)6-13-10(12-4)14-9/h6-7H,5H2,1-4H3,(H,12,13,14). The van der Waals surface area contributed by atoms with Crippen LogP contribution in [0.4, 0.5) is 16.2 Å². The molecular formula is C10H17FN4. The van der Waals surface area contributed by atoms with E-state index in [4.69, 9.17) is 0 Å². The van der Waals surface area contributed by atoms with Crippen molar-refractivity contribution in [1.29, 1.82) is 0 Å². The maximum atomic E-state index is 13.5. The largest absolute Gasteiger partial charge is 0.357 e. The summed E-state index contributed by atoms with van der Waals surface area (Å²) in [6.45, 7) is 6.70. The summed E-state index contributed by atoms with van der Waals surface area (Å²) in [4.78, 5) is 9.81. The maximum absolute atomic E-state index is 13.5. The van der Waals surface area contributed by atoms with Gasteiger partial charge >= 0.3 is 0 Å². The summed E-state index contributed by atoms with van der Waals surface area (Å²) in [5.41, 5.74) is 0. The first kappa shape index (κ1) is 11.7. The minimum atomic E-state index is -0.385. The predicted molar refractivity (Wildman–Crippen MR) is 59.7 cm³/mol. The smallest absolute Gasteiger partial charge is 0.224 e. The number of hydrogen-bond donors (Lipinski definition) is 1. The molecule has 0 saturated carbocycles. The van der Waals surface area contributed by atoms with Crippen LogP contribution in [0.3, 0.4) is 0 Å². The van der Waals surface area contributed by atoms with Crippen molar-refractivity contribution in [2.24, 2.45) is 0 Å². The molecule has 0 aliphatic rings. The molecule has 0 bridgehead atoms. The summed E-state index contributed by atoms with van der Waals surface area (Å²) in [7, 11) is 1.71. The van der Waals surface area contributed by atoms with E-state index in [2.05, 4.69) is 15.3 Å². The number of aromatic nitrogens is 2. The number of nitrogens with one attached hydrogen (secondary N) is 1. The van der Waals surface area contributed by atoms with Crippen molar-refractivity contribution < 1.29 is 4.39 Å². The molecule has 1 heterocycles. The zero-order valence-corrected chi connectivity index (χ0v) is 9.58. The highest BCUT2D eigenvalue weighted by Crippen LogP contribution is 2.18. The predicted octanol–water partition coefficient (Wildman–Crippen LogP) is 1.89. The molecule has 0 aromatic carbocycles. The third-order valence-corrected chi connectivity index (χ3v) is 2.19. The lowest BCUT2D eigenvalue weighted by molar-refractivity contribution is 0.589. The molecule has 0 saturated heterocycles. The van der Waals surface area contributed by atoms with Gasteiger partial charge in [0.15, 0.2) is 11.6 Å². The minimum absolute atomic E-state index is 0.212. The van der Waals surface area contributed by atoms with Crippen LogP contribution in [0, 0.1) is 5.82 Å². The first-order valence-electron chi connectivity index (χ1n) is 5.07. The van der Waals surface area contributed by atoms with Gasteiger partial charge in [-0.1, -0.05) is 0 Å². The van der Waals surface area contributed by atoms with Crippen molar-refractivity contribution in [3.63, 3.8) is 0 Å². The molecule has 1 rings (SSSR count). The van der Waals surface area contributed by atoms with Crippen molar-refractivity contribution in [2.45, 2.75) is 26.8 Å². The van der Waals surface area contributed by atoms with Crippen molar-refractivity contribution in [2.75, 3.05) is 23.8 Å². The Labute approximate surface area is 89.5 Å². The average Bonchev–Trinajstić information content (AvgIpc) is 2.21. The Bertz CT molecular complexity index is 327. The van der Waals surface area contributed by atoms with E-state index in [1.54, 1.807) is 7.05 Å². The second kappa shape index (κ2) is 4.91. The molecule has 0 atom stereocenters. The van der Waals surface area contributed by atoms with Gasteiger partial charge in [-0.3, -0.25) is 0 Å². The minimum Gasteiger partial charge on any atom is -0.357 e. The van der Waals surface area contributed by atoms with E-state index in [0.29, 0.717) is 11.8 Å². The van der Waals surface area contributed by atoms with E-state index in [1.165, 1.54) is 6.20 Å². The number of rotatable bonds is 4. The maximum Gasteiger partial charge on any atom is 0.224 e. The first-order valence-corrected chi connectivity index (χ1v) is 5.07. The van der Waals surface area contributed by atoms with Crippen molar-refractivity contribution in [1.82, 2.24) is 9.97 Å². The number of anilines is 2. The van der Waals surface area contributed by atoms with Gasteiger partial charge < -0.3 is 10.2 Å². The van der Waals surface area contributed by atoms with Gasteiger partial charge in [0.2, 0.25) is 5.95 Å². The summed E-state index contributed by atoms with van der Waals surface area (Å²) in [6, 6.07) is 0.212. The molecule has 1 aromatic heterocycles. The van der Waals surface area contributed by atoms with Crippen LogP contribution < -0.4 is 10.2 Å². The number of halogens is 1. The fraction of sp³-hybridized carbons (Fsp3) is 0.600. The van der Waals surface area contributed by atoms with Crippen LogP contribution in [0.1, 0.15) is 20.8 Å². The van der Waals surface area contributed by atoms with Gasteiger partial charge in [0.1, 0.15) is 0 Å². The fourth-order valence-corrected chi connectivity index (χ4v) is 1.44. The lowest BCUT2D eigenvalue weighted by Gasteiger charge is -2.26. The van der Waals surface area contributed by atoms with Crippen LogP contribution >= 0.6 is 0 Å². The van der Waals surface area contributed by atoms with Crippen LogP contribution in [0.25, 0.3) is 0 Å². The average molecular weight is 212 g/mol. The van der Waals surface area contributed by atoms with Crippen LogP contribution in [-0.2, 0) is 0 Å². The van der Waals surface area contributed by atoms with E-state index >= 15 is 0 Å². The molecule has 0 amide bonds. The van der Waals surface area contributed by atoms with E-state index in [0.717, 1.165) is 6.54 Å². The summed E-state index contributed by atoms with van der Waals surface area (Å²) in [5.74, 6) is 0.405. The number of nitrogens with zero attached hydrogens (tertiary/aromatic N) is 3. The Hall–Kier alpha value is -1.39. The van der Waals surface area contributed by atoms with Crippen molar-refractivity contribution in [3.05, 3.63) is 12.0 Å². The fourth-order valence-electron chi connectivity index (χ4n) is 1.44. The van der Waals surface area contributed by atoms with Crippen LogP contribution in [0.5, 0.6) is 0 Å². The van der Waals surface area contributed by atoms with Gasteiger partial charge in [0.25, 0.3) is 0 Å². The van der Waals surface area contributed by atoms with E-state index in [1.807, 2.05) is 25.7 Å². The molecule has 0 spiro atoms.